The average molecular weight is 296 g/mol. The van der Waals surface area contributed by atoms with Crippen LogP contribution in [0.4, 0.5) is 0 Å². The largest absolute Gasteiger partial charge is 0.468 e. The molecule has 1 heterocycles. The van der Waals surface area contributed by atoms with Crippen LogP contribution in [0.2, 0.25) is 0 Å². The maximum absolute atomic E-state index is 12.4. The minimum Gasteiger partial charge on any atom is -0.468 e. The topological polar surface area (TPSA) is 41.6 Å². The molecule has 122 valence electrons. The molecule has 0 aromatic heterocycles. The lowest BCUT2D eigenvalue weighted by atomic mass is 9.84. The van der Waals surface area contributed by atoms with Crippen molar-refractivity contribution in [1.29, 1.82) is 0 Å². The average Bonchev–Trinajstić information content (AvgIpc) is 3.00. The molecule has 21 heavy (non-hydrogen) atoms. The van der Waals surface area contributed by atoms with Crippen molar-refractivity contribution in [3.63, 3.8) is 0 Å². The van der Waals surface area contributed by atoms with E-state index in [1.54, 1.807) is 0 Å². The summed E-state index contributed by atoms with van der Waals surface area (Å²) in [5.41, 5.74) is -0.432. The first-order valence-corrected chi connectivity index (χ1v) is 8.61. The monoisotopic (exact) mass is 296 g/mol. The van der Waals surface area contributed by atoms with Crippen molar-refractivity contribution in [3.05, 3.63) is 0 Å². The molecule has 2 fully saturated rings. The second-order valence-corrected chi connectivity index (χ2v) is 7.06. The van der Waals surface area contributed by atoms with Gasteiger partial charge < -0.3 is 15.0 Å². The summed E-state index contributed by atoms with van der Waals surface area (Å²) in [6, 6.07) is 0.688. The predicted molar refractivity (Wildman–Crippen MR) is 85.2 cm³/mol. The summed E-state index contributed by atoms with van der Waals surface area (Å²) in [7, 11) is 1.51. The molecule has 4 atom stereocenters. The summed E-state index contributed by atoms with van der Waals surface area (Å²) in [6.45, 7) is 9.88. The second-order valence-electron chi connectivity index (χ2n) is 7.06. The van der Waals surface area contributed by atoms with Gasteiger partial charge in [0.25, 0.3) is 0 Å². The van der Waals surface area contributed by atoms with Gasteiger partial charge >= 0.3 is 5.97 Å². The predicted octanol–water partition coefficient (Wildman–Crippen LogP) is 2.43. The molecule has 0 radical (unpaired) electrons. The van der Waals surface area contributed by atoms with Gasteiger partial charge in [0.2, 0.25) is 0 Å². The number of rotatable bonds is 6. The number of hydrogen-bond donors (Lipinski definition) is 1. The van der Waals surface area contributed by atoms with Crippen LogP contribution in [0.5, 0.6) is 0 Å². The molecule has 1 aliphatic heterocycles. The van der Waals surface area contributed by atoms with E-state index in [-0.39, 0.29) is 5.97 Å². The summed E-state index contributed by atoms with van der Waals surface area (Å²) < 4.78 is 5.12. The highest BCUT2D eigenvalue weighted by Crippen LogP contribution is 2.39. The molecule has 1 saturated heterocycles. The number of likely N-dealkylation sites (tertiary alicyclic amines) is 1. The second kappa shape index (κ2) is 7.10. The summed E-state index contributed by atoms with van der Waals surface area (Å²) in [6.07, 6.45) is 5.59. The van der Waals surface area contributed by atoms with Gasteiger partial charge in [-0.1, -0.05) is 20.3 Å². The maximum atomic E-state index is 12.4. The van der Waals surface area contributed by atoms with Crippen LogP contribution in [-0.4, -0.2) is 49.2 Å². The van der Waals surface area contributed by atoms with E-state index in [4.69, 9.17) is 4.74 Å². The molecule has 0 bridgehead atoms. The fraction of sp³-hybridized carbons (Fsp3) is 0.941. The Morgan fingerprint density at radius 3 is 2.76 bits per heavy atom. The summed E-state index contributed by atoms with van der Waals surface area (Å²) in [5, 5.41) is 3.46. The number of likely N-dealkylation sites (N-methyl/N-ethyl adjacent to an activating group) is 1. The minimum absolute atomic E-state index is 0.0605. The van der Waals surface area contributed by atoms with Gasteiger partial charge in [-0.25, -0.2) is 0 Å². The van der Waals surface area contributed by atoms with Gasteiger partial charge in [0, 0.05) is 12.6 Å². The Morgan fingerprint density at radius 2 is 2.19 bits per heavy atom. The van der Waals surface area contributed by atoms with Crippen molar-refractivity contribution >= 4 is 5.97 Å². The van der Waals surface area contributed by atoms with Crippen LogP contribution in [0.1, 0.15) is 52.9 Å². The van der Waals surface area contributed by atoms with Crippen LogP contribution in [-0.2, 0) is 9.53 Å². The van der Waals surface area contributed by atoms with Crippen LogP contribution in [0.3, 0.4) is 0 Å². The van der Waals surface area contributed by atoms with E-state index in [2.05, 4.69) is 31.0 Å². The lowest BCUT2D eigenvalue weighted by molar-refractivity contribution is -0.150. The molecule has 0 aromatic rings. The number of methoxy groups -OCH3 is 1. The summed E-state index contributed by atoms with van der Waals surface area (Å²) in [4.78, 5) is 14.9. The third kappa shape index (κ3) is 3.42. The highest BCUT2D eigenvalue weighted by Gasteiger charge is 2.49. The highest BCUT2D eigenvalue weighted by molar-refractivity contribution is 5.81. The Hall–Kier alpha value is -0.610. The Labute approximate surface area is 129 Å². The Bertz CT molecular complexity index is 361. The van der Waals surface area contributed by atoms with Crippen molar-refractivity contribution in [1.82, 2.24) is 10.2 Å². The molecule has 2 aliphatic rings. The molecule has 0 aromatic carbocycles. The van der Waals surface area contributed by atoms with E-state index in [0.717, 1.165) is 44.7 Å². The number of carbonyl (C=O) groups is 1. The molecule has 4 unspecified atom stereocenters. The third-order valence-corrected chi connectivity index (χ3v) is 5.54. The zero-order valence-electron chi connectivity index (χ0n) is 14.2. The summed E-state index contributed by atoms with van der Waals surface area (Å²) >= 11 is 0. The number of nitrogens with one attached hydrogen (secondary N) is 1. The molecule has 0 amide bonds. The Kier molecular flexibility index (Phi) is 5.67. The Morgan fingerprint density at radius 1 is 1.43 bits per heavy atom. The quantitative estimate of drug-likeness (QED) is 0.764. The normalized spacial score (nSPS) is 37.0. The van der Waals surface area contributed by atoms with Crippen molar-refractivity contribution < 1.29 is 9.53 Å². The van der Waals surface area contributed by atoms with E-state index < -0.39 is 5.54 Å². The van der Waals surface area contributed by atoms with Crippen molar-refractivity contribution in [2.45, 2.75) is 64.5 Å². The van der Waals surface area contributed by atoms with Gasteiger partial charge in [0.1, 0.15) is 5.54 Å². The van der Waals surface area contributed by atoms with Gasteiger partial charge in [-0.3, -0.25) is 4.79 Å². The van der Waals surface area contributed by atoms with Crippen LogP contribution in [0.15, 0.2) is 0 Å². The molecular weight excluding hydrogens is 264 g/mol. The van der Waals surface area contributed by atoms with Gasteiger partial charge in [-0.05, 0) is 57.5 Å². The molecular formula is C17H32N2O2. The van der Waals surface area contributed by atoms with E-state index in [1.807, 2.05) is 0 Å². The van der Waals surface area contributed by atoms with E-state index in [9.17, 15) is 4.79 Å². The fourth-order valence-electron chi connectivity index (χ4n) is 4.56. The third-order valence-electron chi connectivity index (χ3n) is 5.54. The number of esters is 1. The molecule has 4 nitrogen and oxygen atoms in total. The number of ether oxygens (including phenoxy) is 1. The lowest BCUT2D eigenvalue weighted by Crippen LogP contribution is -2.55. The lowest BCUT2D eigenvalue weighted by Gasteiger charge is -2.35. The van der Waals surface area contributed by atoms with Gasteiger partial charge in [-0.2, -0.15) is 0 Å². The van der Waals surface area contributed by atoms with Gasteiger partial charge in [0.15, 0.2) is 0 Å². The van der Waals surface area contributed by atoms with E-state index in [0.29, 0.717) is 12.0 Å². The Balaban J connectivity index is 1.98. The molecule has 1 saturated carbocycles. The fourth-order valence-corrected chi connectivity index (χ4v) is 4.56. The van der Waals surface area contributed by atoms with Crippen molar-refractivity contribution in [2.24, 2.45) is 11.8 Å². The van der Waals surface area contributed by atoms with Crippen LogP contribution in [0.25, 0.3) is 0 Å². The molecule has 2 rings (SSSR count). The van der Waals surface area contributed by atoms with Crippen molar-refractivity contribution in [2.75, 3.05) is 26.7 Å². The van der Waals surface area contributed by atoms with Gasteiger partial charge in [-0.15, -0.1) is 0 Å². The smallest absolute Gasteiger partial charge is 0.326 e. The summed E-state index contributed by atoms with van der Waals surface area (Å²) in [5.74, 6) is 1.16. The number of hydrogen-bond acceptors (Lipinski definition) is 4. The first kappa shape index (κ1) is 16.8. The van der Waals surface area contributed by atoms with E-state index >= 15 is 0 Å². The van der Waals surface area contributed by atoms with Crippen molar-refractivity contribution in [3.8, 4) is 0 Å². The number of nitrogens with zero attached hydrogens (tertiary/aromatic N) is 1. The number of carbonyl (C=O) groups excluding carboxylic acids is 1. The molecule has 4 heteroatoms. The SMILES string of the molecule is CCNC1(C(=O)OC)CCCC1CCN1CC(C)CC1C. The van der Waals surface area contributed by atoms with E-state index in [1.165, 1.54) is 20.1 Å². The van der Waals surface area contributed by atoms with Crippen LogP contribution >= 0.6 is 0 Å². The molecule has 1 aliphatic carbocycles. The zero-order valence-corrected chi connectivity index (χ0v) is 14.2. The molecule has 0 spiro atoms. The molecule has 1 N–H and O–H groups in total. The maximum Gasteiger partial charge on any atom is 0.326 e. The first-order valence-electron chi connectivity index (χ1n) is 8.61. The zero-order chi connectivity index (χ0) is 15.5. The standard InChI is InChI=1S/C17H32N2O2/c1-5-18-17(16(20)21-4)9-6-7-15(17)8-10-19-12-13(2)11-14(19)3/h13-15,18H,5-12H2,1-4H3. The highest BCUT2D eigenvalue weighted by atomic mass is 16.5. The van der Waals surface area contributed by atoms with Gasteiger partial charge in [0.05, 0.1) is 7.11 Å². The minimum atomic E-state index is -0.432. The first-order chi connectivity index (χ1) is 10.0. The van der Waals surface area contributed by atoms with Crippen LogP contribution < -0.4 is 5.32 Å². The van der Waals surface area contributed by atoms with Crippen LogP contribution in [0, 0.1) is 11.8 Å².